The molecule has 0 saturated carbocycles. The molecule has 2 heteroatoms. The van der Waals surface area contributed by atoms with Crippen molar-refractivity contribution in [1.82, 2.24) is 0 Å². The fourth-order valence-electron chi connectivity index (χ4n) is 3.65. The predicted molar refractivity (Wildman–Crippen MR) is 103 cm³/mol. The molecule has 1 unspecified atom stereocenters. The summed E-state index contributed by atoms with van der Waals surface area (Å²) >= 11 is 0. The molecule has 0 aliphatic carbocycles. The Morgan fingerprint density at radius 1 is 0.880 bits per heavy atom. The Hall–Kier alpha value is -2.74. The lowest BCUT2D eigenvalue weighted by Gasteiger charge is -2.28. The van der Waals surface area contributed by atoms with Crippen LogP contribution in [0.15, 0.2) is 78.9 Å². The van der Waals surface area contributed by atoms with Gasteiger partial charge in [-0.2, -0.15) is 0 Å². The molecule has 126 valence electrons. The molecule has 0 aromatic heterocycles. The smallest absolute Gasteiger partial charge is 0.120 e. The molecule has 1 heterocycles. The van der Waals surface area contributed by atoms with Crippen molar-refractivity contribution >= 4 is 5.69 Å². The van der Waals surface area contributed by atoms with E-state index >= 15 is 0 Å². The summed E-state index contributed by atoms with van der Waals surface area (Å²) in [6, 6.07) is 27.6. The Kier molecular flexibility index (Phi) is 3.96. The Morgan fingerprint density at radius 2 is 1.56 bits per heavy atom. The van der Waals surface area contributed by atoms with E-state index < -0.39 is 0 Å². The highest BCUT2D eigenvalue weighted by molar-refractivity contribution is 5.64. The normalized spacial score (nSPS) is 17.6. The van der Waals surface area contributed by atoms with E-state index in [0.717, 1.165) is 5.75 Å². The van der Waals surface area contributed by atoms with Crippen LogP contribution in [0.4, 0.5) is 5.69 Å². The van der Waals surface area contributed by atoms with Gasteiger partial charge in [-0.05, 0) is 34.9 Å². The molecule has 0 radical (unpaired) electrons. The monoisotopic (exact) mass is 329 g/mol. The van der Waals surface area contributed by atoms with E-state index in [1.54, 1.807) is 0 Å². The molecule has 3 aromatic carbocycles. The Bertz CT molecular complexity index is 856. The van der Waals surface area contributed by atoms with E-state index in [2.05, 4.69) is 79.8 Å². The summed E-state index contributed by atoms with van der Waals surface area (Å²) < 4.78 is 6.02. The van der Waals surface area contributed by atoms with Gasteiger partial charge in [0, 0.05) is 11.1 Å². The average Bonchev–Trinajstić information content (AvgIpc) is 2.92. The van der Waals surface area contributed by atoms with Crippen LogP contribution in [0.5, 0.6) is 5.75 Å². The van der Waals surface area contributed by atoms with Crippen LogP contribution in [0, 0.1) is 0 Å². The molecular formula is C23H23NO. The van der Waals surface area contributed by atoms with E-state index in [-0.39, 0.29) is 11.5 Å². The summed E-state index contributed by atoms with van der Waals surface area (Å²) in [6.07, 6.45) is 0. The lowest BCUT2D eigenvalue weighted by atomic mass is 9.78. The van der Waals surface area contributed by atoms with Gasteiger partial charge in [-0.15, -0.1) is 0 Å². The molecule has 1 aliphatic heterocycles. The third kappa shape index (κ3) is 3.00. The maximum Gasteiger partial charge on any atom is 0.120 e. The van der Waals surface area contributed by atoms with E-state index in [1.807, 2.05) is 18.2 Å². The minimum Gasteiger partial charge on any atom is -0.489 e. The van der Waals surface area contributed by atoms with Gasteiger partial charge in [0.2, 0.25) is 0 Å². The van der Waals surface area contributed by atoms with Crippen LogP contribution in [0.1, 0.15) is 36.6 Å². The number of ether oxygens (including phenoxy) is 1. The van der Waals surface area contributed by atoms with E-state index in [1.165, 1.54) is 22.4 Å². The highest BCUT2D eigenvalue weighted by Gasteiger charge is 2.40. The molecule has 0 spiro atoms. The van der Waals surface area contributed by atoms with Crippen LogP contribution in [0.25, 0.3) is 0 Å². The quantitative estimate of drug-likeness (QED) is 0.662. The Balaban J connectivity index is 1.58. The Morgan fingerprint density at radius 3 is 2.28 bits per heavy atom. The molecule has 4 rings (SSSR count). The molecule has 25 heavy (non-hydrogen) atoms. The average molecular weight is 329 g/mol. The van der Waals surface area contributed by atoms with Gasteiger partial charge in [0.1, 0.15) is 12.4 Å². The van der Waals surface area contributed by atoms with Gasteiger partial charge in [0.25, 0.3) is 0 Å². The summed E-state index contributed by atoms with van der Waals surface area (Å²) in [5.74, 6) is 0.922. The molecule has 2 nitrogen and oxygen atoms in total. The maximum absolute atomic E-state index is 6.02. The van der Waals surface area contributed by atoms with Crippen LogP contribution in [-0.4, -0.2) is 0 Å². The fraction of sp³-hybridized carbons (Fsp3) is 0.217. The fourth-order valence-corrected chi connectivity index (χ4v) is 3.65. The van der Waals surface area contributed by atoms with Crippen molar-refractivity contribution in [3.05, 3.63) is 95.6 Å². The number of rotatable bonds is 4. The third-order valence-corrected chi connectivity index (χ3v) is 5.09. The Labute approximate surface area is 149 Å². The number of fused-ring (bicyclic) bond motifs is 1. The predicted octanol–water partition coefficient (Wildman–Crippen LogP) is 5.71. The number of anilines is 1. The topological polar surface area (TPSA) is 21.3 Å². The van der Waals surface area contributed by atoms with E-state index in [4.69, 9.17) is 4.74 Å². The van der Waals surface area contributed by atoms with Crippen molar-refractivity contribution in [2.24, 2.45) is 0 Å². The van der Waals surface area contributed by atoms with E-state index in [0.29, 0.717) is 6.61 Å². The van der Waals surface area contributed by atoms with Crippen LogP contribution in [0.3, 0.4) is 0 Å². The first-order valence-electron chi connectivity index (χ1n) is 8.77. The van der Waals surface area contributed by atoms with Gasteiger partial charge >= 0.3 is 0 Å². The zero-order valence-electron chi connectivity index (χ0n) is 14.7. The number of hydrogen-bond donors (Lipinski definition) is 1. The van der Waals surface area contributed by atoms with Gasteiger partial charge in [0.05, 0.1) is 6.04 Å². The van der Waals surface area contributed by atoms with Crippen molar-refractivity contribution in [3.63, 3.8) is 0 Å². The molecule has 0 amide bonds. The summed E-state index contributed by atoms with van der Waals surface area (Å²) in [6.45, 7) is 5.19. The molecular weight excluding hydrogens is 306 g/mol. The zero-order chi connectivity index (χ0) is 17.3. The van der Waals surface area contributed by atoms with Gasteiger partial charge in [-0.25, -0.2) is 0 Å². The largest absolute Gasteiger partial charge is 0.489 e. The lowest BCUT2D eigenvalue weighted by Crippen LogP contribution is -2.25. The standard InChI is InChI=1S/C23H23NO/c1-23(2)20-15-19(25-16-17-9-5-3-6-10-17)13-14-21(20)24-22(23)18-11-7-4-8-12-18/h3-15,22,24H,16H2,1-2H3. The second kappa shape index (κ2) is 6.29. The molecule has 0 fully saturated rings. The second-order valence-electron chi connectivity index (χ2n) is 7.19. The summed E-state index contributed by atoms with van der Waals surface area (Å²) in [5.41, 5.74) is 5.01. The summed E-state index contributed by atoms with van der Waals surface area (Å²) in [4.78, 5) is 0. The molecule has 1 aliphatic rings. The molecule has 1 N–H and O–H groups in total. The van der Waals surface area contributed by atoms with Gasteiger partial charge < -0.3 is 10.1 Å². The maximum atomic E-state index is 6.02. The molecule has 1 atom stereocenters. The molecule has 0 bridgehead atoms. The second-order valence-corrected chi connectivity index (χ2v) is 7.19. The van der Waals surface area contributed by atoms with Crippen molar-refractivity contribution in [3.8, 4) is 5.75 Å². The minimum absolute atomic E-state index is 0.00278. The minimum atomic E-state index is 0.00278. The SMILES string of the molecule is CC1(C)c2cc(OCc3ccccc3)ccc2NC1c1ccccc1. The summed E-state index contributed by atoms with van der Waals surface area (Å²) in [5, 5.41) is 3.69. The van der Waals surface area contributed by atoms with Crippen LogP contribution >= 0.6 is 0 Å². The number of hydrogen-bond acceptors (Lipinski definition) is 2. The van der Waals surface area contributed by atoms with Crippen molar-refractivity contribution in [2.75, 3.05) is 5.32 Å². The first-order valence-corrected chi connectivity index (χ1v) is 8.77. The highest BCUT2D eigenvalue weighted by Crippen LogP contribution is 2.49. The van der Waals surface area contributed by atoms with Crippen LogP contribution in [-0.2, 0) is 12.0 Å². The first-order chi connectivity index (χ1) is 12.1. The third-order valence-electron chi connectivity index (χ3n) is 5.09. The van der Waals surface area contributed by atoms with Gasteiger partial charge in [-0.3, -0.25) is 0 Å². The van der Waals surface area contributed by atoms with Gasteiger partial charge in [0.15, 0.2) is 0 Å². The highest BCUT2D eigenvalue weighted by atomic mass is 16.5. The van der Waals surface area contributed by atoms with Crippen LogP contribution < -0.4 is 10.1 Å². The van der Waals surface area contributed by atoms with Crippen LogP contribution in [0.2, 0.25) is 0 Å². The van der Waals surface area contributed by atoms with Crippen molar-refractivity contribution in [2.45, 2.75) is 31.9 Å². The van der Waals surface area contributed by atoms with E-state index in [9.17, 15) is 0 Å². The lowest BCUT2D eigenvalue weighted by molar-refractivity contribution is 0.305. The zero-order valence-corrected chi connectivity index (χ0v) is 14.7. The van der Waals surface area contributed by atoms with Gasteiger partial charge in [-0.1, -0.05) is 74.5 Å². The number of nitrogens with one attached hydrogen (secondary N) is 1. The molecule has 0 saturated heterocycles. The number of benzene rings is 3. The summed E-state index contributed by atoms with van der Waals surface area (Å²) in [7, 11) is 0. The van der Waals surface area contributed by atoms with Crippen molar-refractivity contribution < 1.29 is 4.74 Å². The van der Waals surface area contributed by atoms with Crippen molar-refractivity contribution in [1.29, 1.82) is 0 Å². The molecule has 3 aromatic rings. The first kappa shape index (κ1) is 15.8.